The van der Waals surface area contributed by atoms with Gasteiger partial charge in [0.2, 0.25) is 11.2 Å². The van der Waals surface area contributed by atoms with Crippen molar-refractivity contribution in [3.8, 4) is 5.75 Å². The monoisotopic (exact) mass is 326 g/mol. The van der Waals surface area contributed by atoms with E-state index in [1.807, 2.05) is 0 Å². The van der Waals surface area contributed by atoms with Crippen LogP contribution in [0.2, 0.25) is 10.4 Å². The predicted molar refractivity (Wildman–Crippen MR) is 81.6 cm³/mol. The molecule has 2 aromatic rings. The summed E-state index contributed by atoms with van der Waals surface area (Å²) in [7, 11) is 0. The maximum atomic E-state index is 11.7. The molecule has 6 nitrogen and oxygen atoms in total. The molecular formula is C13H12Cl2N4O2. The van der Waals surface area contributed by atoms with Crippen LogP contribution in [-0.2, 0) is 4.79 Å². The van der Waals surface area contributed by atoms with Crippen molar-refractivity contribution in [2.24, 2.45) is 0 Å². The third-order valence-electron chi connectivity index (χ3n) is 2.44. The second kappa shape index (κ2) is 7.10. The number of benzene rings is 1. The SMILES string of the molecule is Nc1ccccc1OCCC(=O)Nc1cc(Cl)nc(Cl)n1. The van der Waals surface area contributed by atoms with Crippen LogP contribution in [0.1, 0.15) is 6.42 Å². The topological polar surface area (TPSA) is 90.1 Å². The van der Waals surface area contributed by atoms with Crippen molar-refractivity contribution in [1.29, 1.82) is 0 Å². The Morgan fingerprint density at radius 2 is 2.05 bits per heavy atom. The second-order valence-electron chi connectivity index (χ2n) is 4.03. The summed E-state index contributed by atoms with van der Waals surface area (Å²) >= 11 is 11.3. The van der Waals surface area contributed by atoms with E-state index in [0.29, 0.717) is 11.4 Å². The van der Waals surface area contributed by atoms with E-state index in [-0.39, 0.29) is 35.2 Å². The molecule has 1 heterocycles. The average Bonchev–Trinajstić information content (AvgIpc) is 2.39. The Bertz CT molecular complexity index is 632. The summed E-state index contributed by atoms with van der Waals surface area (Å²) in [6.07, 6.45) is 0.133. The molecule has 0 aliphatic heterocycles. The van der Waals surface area contributed by atoms with Crippen LogP contribution in [0.25, 0.3) is 0 Å². The summed E-state index contributed by atoms with van der Waals surface area (Å²) in [5, 5.41) is 2.67. The molecule has 0 atom stereocenters. The fraction of sp³-hybridized carbons (Fsp3) is 0.154. The van der Waals surface area contributed by atoms with Crippen molar-refractivity contribution in [2.75, 3.05) is 17.7 Å². The number of nitrogen functional groups attached to an aromatic ring is 1. The predicted octanol–water partition coefficient (Wildman–Crippen LogP) is 2.77. The van der Waals surface area contributed by atoms with Crippen molar-refractivity contribution in [1.82, 2.24) is 9.97 Å². The molecular weight excluding hydrogens is 315 g/mol. The van der Waals surface area contributed by atoms with E-state index in [4.69, 9.17) is 33.7 Å². The molecule has 2 rings (SSSR count). The summed E-state index contributed by atoms with van der Waals surface area (Å²) in [6.45, 7) is 0.187. The van der Waals surface area contributed by atoms with E-state index >= 15 is 0 Å². The number of rotatable bonds is 5. The molecule has 3 N–H and O–H groups in total. The van der Waals surface area contributed by atoms with Crippen LogP contribution in [0.3, 0.4) is 0 Å². The summed E-state index contributed by atoms with van der Waals surface area (Å²) in [5.74, 6) is 0.498. The second-order valence-corrected chi connectivity index (χ2v) is 4.75. The van der Waals surface area contributed by atoms with Gasteiger partial charge in [-0.05, 0) is 23.7 Å². The normalized spacial score (nSPS) is 10.2. The molecule has 21 heavy (non-hydrogen) atoms. The number of hydrogen-bond donors (Lipinski definition) is 2. The third kappa shape index (κ3) is 4.77. The molecule has 0 aliphatic carbocycles. The van der Waals surface area contributed by atoms with Gasteiger partial charge in [0.05, 0.1) is 18.7 Å². The largest absolute Gasteiger partial charge is 0.491 e. The first-order valence-electron chi connectivity index (χ1n) is 6.02. The lowest BCUT2D eigenvalue weighted by atomic mass is 10.3. The van der Waals surface area contributed by atoms with E-state index in [1.165, 1.54) is 6.07 Å². The lowest BCUT2D eigenvalue weighted by molar-refractivity contribution is -0.116. The Morgan fingerprint density at radius 1 is 1.29 bits per heavy atom. The van der Waals surface area contributed by atoms with Crippen LogP contribution in [-0.4, -0.2) is 22.5 Å². The van der Waals surface area contributed by atoms with Crippen LogP contribution >= 0.6 is 23.2 Å². The number of ether oxygens (including phenoxy) is 1. The van der Waals surface area contributed by atoms with E-state index < -0.39 is 0 Å². The fourth-order valence-corrected chi connectivity index (χ4v) is 1.93. The zero-order valence-electron chi connectivity index (χ0n) is 10.8. The molecule has 0 saturated carbocycles. The Balaban J connectivity index is 1.84. The minimum Gasteiger partial charge on any atom is -0.491 e. The first-order chi connectivity index (χ1) is 10.0. The third-order valence-corrected chi connectivity index (χ3v) is 2.80. The smallest absolute Gasteiger partial charge is 0.228 e. The molecule has 8 heteroatoms. The highest BCUT2D eigenvalue weighted by Crippen LogP contribution is 2.20. The number of carbonyl (C=O) groups is 1. The van der Waals surface area contributed by atoms with Crippen LogP contribution < -0.4 is 15.8 Å². The molecule has 110 valence electrons. The molecule has 1 aromatic heterocycles. The summed E-state index contributed by atoms with van der Waals surface area (Å²) in [5.41, 5.74) is 6.24. The lowest BCUT2D eigenvalue weighted by Crippen LogP contribution is -2.16. The van der Waals surface area contributed by atoms with E-state index in [1.54, 1.807) is 24.3 Å². The number of nitrogens with one attached hydrogen (secondary N) is 1. The van der Waals surface area contributed by atoms with Gasteiger partial charge in [0.25, 0.3) is 0 Å². The van der Waals surface area contributed by atoms with Gasteiger partial charge in [-0.2, -0.15) is 0 Å². The van der Waals surface area contributed by atoms with Gasteiger partial charge >= 0.3 is 0 Å². The number of aromatic nitrogens is 2. The summed E-state index contributed by atoms with van der Waals surface area (Å²) < 4.78 is 5.42. The van der Waals surface area contributed by atoms with Crippen LogP contribution in [0, 0.1) is 0 Å². The van der Waals surface area contributed by atoms with Crippen molar-refractivity contribution >= 4 is 40.6 Å². The Morgan fingerprint density at radius 3 is 2.76 bits per heavy atom. The van der Waals surface area contributed by atoms with Gasteiger partial charge in [0.1, 0.15) is 16.7 Å². The number of anilines is 2. The quantitative estimate of drug-likeness (QED) is 0.501. The lowest BCUT2D eigenvalue weighted by Gasteiger charge is -2.08. The highest BCUT2D eigenvalue weighted by molar-refractivity contribution is 6.32. The zero-order valence-corrected chi connectivity index (χ0v) is 12.4. The number of hydrogen-bond acceptors (Lipinski definition) is 5. The van der Waals surface area contributed by atoms with Crippen molar-refractivity contribution in [2.45, 2.75) is 6.42 Å². The first kappa shape index (κ1) is 15.3. The van der Waals surface area contributed by atoms with Crippen LogP contribution in [0.4, 0.5) is 11.5 Å². The number of para-hydroxylation sites is 2. The molecule has 0 radical (unpaired) electrons. The van der Waals surface area contributed by atoms with Gasteiger partial charge in [0.15, 0.2) is 0 Å². The summed E-state index contributed by atoms with van der Waals surface area (Å²) in [4.78, 5) is 19.3. The van der Waals surface area contributed by atoms with E-state index in [0.717, 1.165) is 0 Å². The minimum absolute atomic E-state index is 0.0360. The Kier molecular flexibility index (Phi) is 5.19. The zero-order chi connectivity index (χ0) is 15.2. The van der Waals surface area contributed by atoms with Gasteiger partial charge in [-0.3, -0.25) is 4.79 Å². The highest BCUT2D eigenvalue weighted by atomic mass is 35.5. The Labute approximate surface area is 131 Å². The summed E-state index contributed by atoms with van der Waals surface area (Å²) in [6, 6.07) is 8.47. The minimum atomic E-state index is -0.282. The number of nitrogens with two attached hydrogens (primary N) is 1. The number of carbonyl (C=O) groups excluding carboxylic acids is 1. The molecule has 0 fully saturated rings. The van der Waals surface area contributed by atoms with Crippen molar-refractivity contribution in [3.05, 3.63) is 40.8 Å². The number of halogens is 2. The molecule has 0 spiro atoms. The maximum absolute atomic E-state index is 11.7. The highest BCUT2D eigenvalue weighted by Gasteiger charge is 2.07. The molecule has 0 aliphatic rings. The standard InChI is InChI=1S/C13H12Cl2N4O2/c14-10-7-11(19-13(15)17-10)18-12(20)5-6-21-9-4-2-1-3-8(9)16/h1-4,7H,5-6,16H2,(H,17,18,19,20). The molecule has 0 bridgehead atoms. The van der Waals surface area contributed by atoms with Gasteiger partial charge < -0.3 is 15.8 Å². The average molecular weight is 327 g/mol. The van der Waals surface area contributed by atoms with Gasteiger partial charge in [-0.1, -0.05) is 23.7 Å². The van der Waals surface area contributed by atoms with E-state index in [9.17, 15) is 4.79 Å². The van der Waals surface area contributed by atoms with Crippen molar-refractivity contribution < 1.29 is 9.53 Å². The van der Waals surface area contributed by atoms with Crippen LogP contribution in [0.15, 0.2) is 30.3 Å². The first-order valence-corrected chi connectivity index (χ1v) is 6.77. The number of amides is 1. The molecule has 1 amide bonds. The van der Waals surface area contributed by atoms with Gasteiger partial charge in [0, 0.05) is 6.07 Å². The maximum Gasteiger partial charge on any atom is 0.228 e. The van der Waals surface area contributed by atoms with Gasteiger partial charge in [-0.15, -0.1) is 0 Å². The molecule has 0 unspecified atom stereocenters. The Hall–Kier alpha value is -2.05. The number of nitrogens with zero attached hydrogens (tertiary/aromatic N) is 2. The fourth-order valence-electron chi connectivity index (χ4n) is 1.52. The van der Waals surface area contributed by atoms with E-state index in [2.05, 4.69) is 15.3 Å². The van der Waals surface area contributed by atoms with Crippen LogP contribution in [0.5, 0.6) is 5.75 Å². The molecule has 0 saturated heterocycles. The van der Waals surface area contributed by atoms with Crippen molar-refractivity contribution in [3.63, 3.8) is 0 Å². The molecule has 1 aromatic carbocycles. The van der Waals surface area contributed by atoms with Gasteiger partial charge in [-0.25, -0.2) is 9.97 Å².